The second-order valence-corrected chi connectivity index (χ2v) is 7.02. The standard InChI is InChI=1S/C18H17ClN6O2/c19-9-8-20-25-15(9)16-14-11(5-3-6-12(14)26)21-17(23-16)24-18-22-10-4-1-2-7-13(10)27-18/h1-2,4,7-8,16-17,21,23H,3,5-6H2,(H,20,25)(H,22,24)/t16-,17?/m1/s1. The molecule has 1 aliphatic carbocycles. The van der Waals surface area contributed by atoms with Crippen LogP contribution in [0.1, 0.15) is 31.0 Å². The van der Waals surface area contributed by atoms with Crippen LogP contribution in [0.5, 0.6) is 0 Å². The van der Waals surface area contributed by atoms with Gasteiger partial charge in [0.2, 0.25) is 0 Å². The van der Waals surface area contributed by atoms with Crippen molar-refractivity contribution in [3.05, 3.63) is 52.4 Å². The Morgan fingerprint density at radius 3 is 2.96 bits per heavy atom. The Bertz CT molecular complexity index is 1020. The summed E-state index contributed by atoms with van der Waals surface area (Å²) < 4.78 is 5.75. The number of aromatic amines is 1. The van der Waals surface area contributed by atoms with E-state index in [9.17, 15) is 4.79 Å². The van der Waals surface area contributed by atoms with Gasteiger partial charge in [-0.15, -0.1) is 0 Å². The van der Waals surface area contributed by atoms with Gasteiger partial charge in [-0.3, -0.25) is 15.2 Å². The van der Waals surface area contributed by atoms with Gasteiger partial charge in [-0.1, -0.05) is 23.7 Å². The first-order chi connectivity index (χ1) is 13.2. The Hall–Kier alpha value is -2.84. The Labute approximate surface area is 159 Å². The van der Waals surface area contributed by atoms with Crippen molar-refractivity contribution < 1.29 is 9.21 Å². The number of ketones is 1. The second kappa shape index (κ2) is 6.40. The zero-order chi connectivity index (χ0) is 18.4. The van der Waals surface area contributed by atoms with Gasteiger partial charge in [0.1, 0.15) is 5.52 Å². The van der Waals surface area contributed by atoms with Crippen LogP contribution in [-0.2, 0) is 4.79 Å². The monoisotopic (exact) mass is 384 g/mol. The van der Waals surface area contributed by atoms with E-state index in [2.05, 4.69) is 31.1 Å². The first kappa shape index (κ1) is 16.3. The Morgan fingerprint density at radius 1 is 1.26 bits per heavy atom. The molecule has 0 saturated heterocycles. The summed E-state index contributed by atoms with van der Waals surface area (Å²) in [6.07, 6.45) is 3.32. The van der Waals surface area contributed by atoms with E-state index in [1.54, 1.807) is 0 Å². The van der Waals surface area contributed by atoms with Gasteiger partial charge in [-0.2, -0.15) is 10.1 Å². The predicted octanol–water partition coefficient (Wildman–Crippen LogP) is 2.84. The van der Waals surface area contributed by atoms with E-state index in [0.717, 1.165) is 24.1 Å². The summed E-state index contributed by atoms with van der Waals surface area (Å²) in [6.45, 7) is 0. The molecule has 0 spiro atoms. The molecule has 2 atom stereocenters. The minimum Gasteiger partial charge on any atom is -0.423 e. The normalized spacial score (nSPS) is 22.6. The molecule has 9 heteroatoms. The highest BCUT2D eigenvalue weighted by atomic mass is 35.5. The van der Waals surface area contributed by atoms with Gasteiger partial charge in [-0.05, 0) is 25.0 Å². The minimum atomic E-state index is -0.383. The number of hydrogen-bond donors (Lipinski definition) is 4. The number of nitrogens with one attached hydrogen (secondary N) is 4. The number of hydrogen-bond acceptors (Lipinski definition) is 7. The van der Waals surface area contributed by atoms with Crippen LogP contribution in [0.25, 0.3) is 11.1 Å². The molecule has 5 rings (SSSR count). The molecule has 1 unspecified atom stereocenters. The highest BCUT2D eigenvalue weighted by Gasteiger charge is 2.37. The molecule has 2 aliphatic rings. The lowest BCUT2D eigenvalue weighted by Crippen LogP contribution is -2.55. The molecule has 27 heavy (non-hydrogen) atoms. The van der Waals surface area contributed by atoms with Crippen LogP contribution in [0.15, 0.2) is 46.1 Å². The van der Waals surface area contributed by atoms with E-state index in [4.69, 9.17) is 16.0 Å². The number of benzene rings is 1. The van der Waals surface area contributed by atoms with Gasteiger partial charge in [-0.25, -0.2) is 0 Å². The summed E-state index contributed by atoms with van der Waals surface area (Å²) in [5, 5.41) is 17.3. The summed E-state index contributed by atoms with van der Waals surface area (Å²) in [5.41, 5.74) is 3.77. The van der Waals surface area contributed by atoms with E-state index in [1.807, 2.05) is 24.3 Å². The van der Waals surface area contributed by atoms with E-state index >= 15 is 0 Å². The third kappa shape index (κ3) is 2.87. The number of halogens is 1. The Morgan fingerprint density at radius 2 is 2.15 bits per heavy atom. The number of H-pyrrole nitrogens is 1. The molecule has 0 fully saturated rings. The molecule has 4 N–H and O–H groups in total. The van der Waals surface area contributed by atoms with E-state index in [-0.39, 0.29) is 18.1 Å². The number of para-hydroxylation sites is 2. The van der Waals surface area contributed by atoms with Crippen molar-refractivity contribution >= 4 is 34.5 Å². The first-order valence-corrected chi connectivity index (χ1v) is 9.16. The zero-order valence-corrected chi connectivity index (χ0v) is 15.0. The van der Waals surface area contributed by atoms with Crippen LogP contribution >= 0.6 is 11.6 Å². The number of nitrogens with zero attached hydrogens (tertiary/aromatic N) is 2. The Balaban J connectivity index is 1.48. The fourth-order valence-electron chi connectivity index (χ4n) is 3.66. The van der Waals surface area contributed by atoms with Gasteiger partial charge in [0.15, 0.2) is 17.7 Å². The summed E-state index contributed by atoms with van der Waals surface area (Å²) in [6, 6.07) is 7.57. The molecule has 0 bridgehead atoms. The molecule has 3 aromatic rings. The first-order valence-electron chi connectivity index (χ1n) is 8.79. The van der Waals surface area contributed by atoms with Crippen LogP contribution in [-0.4, -0.2) is 27.3 Å². The van der Waals surface area contributed by atoms with Crippen LogP contribution < -0.4 is 16.0 Å². The molecular weight excluding hydrogens is 368 g/mol. The van der Waals surface area contributed by atoms with Crippen molar-refractivity contribution in [2.75, 3.05) is 5.32 Å². The topological polar surface area (TPSA) is 108 Å². The van der Waals surface area contributed by atoms with Gasteiger partial charge < -0.3 is 15.1 Å². The van der Waals surface area contributed by atoms with Crippen LogP contribution in [0.4, 0.5) is 6.01 Å². The lowest BCUT2D eigenvalue weighted by molar-refractivity contribution is -0.116. The second-order valence-electron chi connectivity index (χ2n) is 6.61. The van der Waals surface area contributed by atoms with Crippen molar-refractivity contribution in [1.29, 1.82) is 0 Å². The van der Waals surface area contributed by atoms with Crippen molar-refractivity contribution in [3.8, 4) is 0 Å². The molecule has 0 saturated carbocycles. The highest BCUT2D eigenvalue weighted by Crippen LogP contribution is 2.35. The summed E-state index contributed by atoms with van der Waals surface area (Å²) >= 11 is 6.27. The van der Waals surface area contributed by atoms with E-state index < -0.39 is 0 Å². The van der Waals surface area contributed by atoms with E-state index in [1.165, 1.54) is 6.20 Å². The summed E-state index contributed by atoms with van der Waals surface area (Å²) in [5.74, 6) is 0.118. The molecule has 138 valence electrons. The van der Waals surface area contributed by atoms with Gasteiger partial charge in [0.25, 0.3) is 6.01 Å². The smallest absolute Gasteiger partial charge is 0.298 e. The number of oxazole rings is 1. The lowest BCUT2D eigenvalue weighted by atomic mass is 9.87. The molecule has 3 heterocycles. The molecule has 8 nitrogen and oxygen atoms in total. The largest absolute Gasteiger partial charge is 0.423 e. The maximum atomic E-state index is 12.6. The number of carbonyl (C=O) groups excluding carboxylic acids is 1. The average molecular weight is 385 g/mol. The average Bonchev–Trinajstić information content (AvgIpc) is 3.26. The number of anilines is 1. The van der Waals surface area contributed by atoms with Crippen molar-refractivity contribution in [2.24, 2.45) is 0 Å². The highest BCUT2D eigenvalue weighted by molar-refractivity contribution is 6.31. The lowest BCUT2D eigenvalue weighted by Gasteiger charge is -2.37. The molecule has 1 aromatic carbocycles. The van der Waals surface area contributed by atoms with Crippen LogP contribution in [0.2, 0.25) is 5.02 Å². The number of carbonyl (C=O) groups is 1. The zero-order valence-electron chi connectivity index (χ0n) is 14.3. The predicted molar refractivity (Wildman–Crippen MR) is 99.9 cm³/mol. The maximum Gasteiger partial charge on any atom is 0.298 e. The fourth-order valence-corrected chi connectivity index (χ4v) is 3.86. The van der Waals surface area contributed by atoms with Crippen molar-refractivity contribution in [1.82, 2.24) is 25.8 Å². The number of allylic oxidation sites excluding steroid dienone is 1. The maximum absolute atomic E-state index is 12.6. The quantitative estimate of drug-likeness (QED) is 0.550. The summed E-state index contributed by atoms with van der Waals surface area (Å²) in [4.78, 5) is 17.0. The minimum absolute atomic E-state index is 0.118. The molecule has 2 aromatic heterocycles. The van der Waals surface area contributed by atoms with Gasteiger partial charge in [0.05, 0.1) is 23.0 Å². The van der Waals surface area contributed by atoms with Crippen LogP contribution in [0, 0.1) is 0 Å². The molecular formula is C18H17ClN6O2. The number of rotatable bonds is 3. The van der Waals surface area contributed by atoms with Crippen molar-refractivity contribution in [3.63, 3.8) is 0 Å². The number of fused-ring (bicyclic) bond motifs is 1. The Kier molecular flexibility index (Phi) is 3.87. The van der Waals surface area contributed by atoms with E-state index in [0.29, 0.717) is 34.3 Å². The van der Waals surface area contributed by atoms with Crippen LogP contribution in [0.3, 0.4) is 0 Å². The third-order valence-corrected chi connectivity index (χ3v) is 5.17. The SMILES string of the molecule is O=C1CCCC2=C1[C@H](c1[nH]ncc1Cl)NC(Nc1nc3ccccc3o1)N2. The number of Topliss-reactive ketones (excluding diaryl/α,β-unsaturated/α-hetero) is 1. The molecule has 1 aliphatic heterocycles. The van der Waals surface area contributed by atoms with Gasteiger partial charge in [0, 0.05) is 17.7 Å². The molecule has 0 radical (unpaired) electrons. The molecule has 0 amide bonds. The van der Waals surface area contributed by atoms with Crippen molar-refractivity contribution in [2.45, 2.75) is 31.6 Å². The number of aromatic nitrogens is 3. The fraction of sp³-hybridized carbons (Fsp3) is 0.278. The van der Waals surface area contributed by atoms with Gasteiger partial charge >= 0.3 is 0 Å². The third-order valence-electron chi connectivity index (χ3n) is 4.87. The summed E-state index contributed by atoms with van der Waals surface area (Å²) in [7, 11) is 0.